The first-order chi connectivity index (χ1) is 7.25. The Hall–Kier alpha value is -1.43. The predicted molar refractivity (Wildman–Crippen MR) is 60.8 cm³/mol. The molecule has 1 atom stereocenters. The van der Waals surface area contributed by atoms with E-state index in [0.29, 0.717) is 18.8 Å². The lowest BCUT2D eigenvalue weighted by atomic mass is 10.0. The second-order valence-electron chi connectivity index (χ2n) is 3.81. The average molecular weight is 231 g/mol. The zero-order chi connectivity index (χ0) is 12.8. The second kappa shape index (κ2) is 6.22. The molecule has 0 aliphatic rings. The van der Waals surface area contributed by atoms with E-state index in [1.54, 1.807) is 6.92 Å². The van der Waals surface area contributed by atoms with Gasteiger partial charge in [-0.3, -0.25) is 4.99 Å². The van der Waals surface area contributed by atoms with E-state index in [9.17, 15) is 9.18 Å². The molecule has 0 rings (SSSR count). The maximum absolute atomic E-state index is 13.2. The zero-order valence-electron chi connectivity index (χ0n) is 9.53. The van der Waals surface area contributed by atoms with Gasteiger partial charge < -0.3 is 16.6 Å². The van der Waals surface area contributed by atoms with Gasteiger partial charge in [0.1, 0.15) is 5.54 Å². The van der Waals surface area contributed by atoms with E-state index in [2.05, 4.69) is 4.99 Å². The lowest BCUT2D eigenvalue weighted by Crippen LogP contribution is -2.42. The number of nitrogens with two attached hydrogens (primary N) is 2. The molecule has 0 aromatic rings. The third kappa shape index (κ3) is 6.13. The molecule has 0 aliphatic carbocycles. The van der Waals surface area contributed by atoms with Gasteiger partial charge in [0.25, 0.3) is 0 Å². The van der Waals surface area contributed by atoms with E-state index in [1.807, 2.05) is 0 Å². The summed E-state index contributed by atoms with van der Waals surface area (Å²) in [6.45, 7) is 3.29. The molecule has 0 saturated carbocycles. The highest BCUT2D eigenvalue weighted by molar-refractivity contribution is 5.80. The normalized spacial score (nSPS) is 17.0. The Bertz CT molecular complexity index is 307. The van der Waals surface area contributed by atoms with Gasteiger partial charge in [-0.1, -0.05) is 0 Å². The predicted octanol–water partition coefficient (Wildman–Crippen LogP) is 0.799. The Labute approximate surface area is 94.0 Å². The van der Waals surface area contributed by atoms with Gasteiger partial charge in [-0.2, -0.15) is 0 Å². The quantitative estimate of drug-likeness (QED) is 0.357. The molecule has 0 aromatic heterocycles. The largest absolute Gasteiger partial charge is 0.480 e. The van der Waals surface area contributed by atoms with Crippen LogP contribution in [0.4, 0.5) is 4.39 Å². The van der Waals surface area contributed by atoms with Crippen LogP contribution in [-0.4, -0.2) is 29.0 Å². The number of carbonyl (C=O) groups is 1. The Kier molecular flexibility index (Phi) is 5.66. The maximum atomic E-state index is 13.2. The first-order valence-corrected chi connectivity index (χ1v) is 4.91. The number of rotatable bonds is 6. The lowest BCUT2D eigenvalue weighted by Gasteiger charge is -2.13. The van der Waals surface area contributed by atoms with Crippen molar-refractivity contribution in [2.24, 2.45) is 16.5 Å². The Morgan fingerprint density at radius 1 is 1.62 bits per heavy atom. The Balaban J connectivity index is 4.16. The minimum absolute atomic E-state index is 0.108. The minimum atomic E-state index is -1.67. The Morgan fingerprint density at radius 3 is 2.62 bits per heavy atom. The minimum Gasteiger partial charge on any atom is -0.480 e. The van der Waals surface area contributed by atoms with Gasteiger partial charge in [0, 0.05) is 13.0 Å². The molecule has 92 valence electrons. The van der Waals surface area contributed by atoms with Crippen molar-refractivity contribution in [2.75, 3.05) is 6.54 Å². The number of carboxylic acid groups (broad SMARTS) is 1. The monoisotopic (exact) mass is 231 g/mol. The van der Waals surface area contributed by atoms with E-state index < -0.39 is 17.3 Å². The third-order valence-corrected chi connectivity index (χ3v) is 1.85. The molecule has 0 aliphatic heterocycles. The number of aliphatic carboxylic acids is 1. The van der Waals surface area contributed by atoms with Crippen LogP contribution in [0.15, 0.2) is 16.9 Å². The summed E-state index contributed by atoms with van der Waals surface area (Å²) in [5, 5.41) is 8.66. The fourth-order valence-corrected chi connectivity index (χ4v) is 0.963. The highest BCUT2D eigenvalue weighted by atomic mass is 19.1. The molecule has 6 heteroatoms. The molecule has 0 radical (unpaired) electrons. The first kappa shape index (κ1) is 14.6. The first-order valence-electron chi connectivity index (χ1n) is 4.91. The van der Waals surface area contributed by atoms with Crippen molar-refractivity contribution in [1.29, 1.82) is 0 Å². The highest BCUT2D eigenvalue weighted by Gasteiger charge is 2.25. The van der Waals surface area contributed by atoms with Crippen LogP contribution in [0.3, 0.4) is 0 Å². The Morgan fingerprint density at radius 2 is 2.19 bits per heavy atom. The SMILES string of the molecule is CC(N)=NCCC/C(F)=C\[C@](C)(N)C(=O)O. The van der Waals surface area contributed by atoms with Crippen molar-refractivity contribution in [3.63, 3.8) is 0 Å². The third-order valence-electron chi connectivity index (χ3n) is 1.85. The molecular weight excluding hydrogens is 213 g/mol. The van der Waals surface area contributed by atoms with Crippen molar-refractivity contribution >= 4 is 11.8 Å². The number of allylic oxidation sites excluding steroid dienone is 1. The number of carboxylic acids is 1. The summed E-state index contributed by atoms with van der Waals surface area (Å²) in [7, 11) is 0. The van der Waals surface area contributed by atoms with Crippen molar-refractivity contribution in [3.8, 4) is 0 Å². The zero-order valence-corrected chi connectivity index (χ0v) is 9.53. The molecule has 0 fully saturated rings. The fourth-order valence-electron chi connectivity index (χ4n) is 0.963. The van der Waals surface area contributed by atoms with Crippen LogP contribution >= 0.6 is 0 Å². The molecule has 0 aromatic carbocycles. The number of amidine groups is 1. The molecule has 5 nitrogen and oxygen atoms in total. The maximum Gasteiger partial charge on any atom is 0.327 e. The van der Waals surface area contributed by atoms with Crippen LogP contribution in [0.25, 0.3) is 0 Å². The van der Waals surface area contributed by atoms with Crippen LogP contribution in [0.2, 0.25) is 0 Å². The molecule has 16 heavy (non-hydrogen) atoms. The lowest BCUT2D eigenvalue weighted by molar-refractivity contribution is -0.140. The van der Waals surface area contributed by atoms with Crippen LogP contribution < -0.4 is 11.5 Å². The summed E-state index contributed by atoms with van der Waals surface area (Å²) in [5.41, 5.74) is 8.97. The number of nitrogens with zero attached hydrogens (tertiary/aromatic N) is 1. The van der Waals surface area contributed by atoms with E-state index in [1.165, 1.54) is 6.92 Å². The topological polar surface area (TPSA) is 102 Å². The number of hydrogen-bond donors (Lipinski definition) is 3. The van der Waals surface area contributed by atoms with E-state index in [4.69, 9.17) is 16.6 Å². The van der Waals surface area contributed by atoms with Gasteiger partial charge in [-0.25, -0.2) is 9.18 Å². The summed E-state index contributed by atoms with van der Waals surface area (Å²) >= 11 is 0. The van der Waals surface area contributed by atoms with Crippen LogP contribution in [0, 0.1) is 0 Å². The van der Waals surface area contributed by atoms with Crippen LogP contribution in [0.1, 0.15) is 26.7 Å². The van der Waals surface area contributed by atoms with Gasteiger partial charge in [0.15, 0.2) is 0 Å². The van der Waals surface area contributed by atoms with Crippen molar-refractivity contribution in [3.05, 3.63) is 11.9 Å². The summed E-state index contributed by atoms with van der Waals surface area (Å²) in [4.78, 5) is 14.5. The number of halogens is 1. The van der Waals surface area contributed by atoms with Gasteiger partial charge >= 0.3 is 5.97 Å². The molecule has 0 saturated heterocycles. The fraction of sp³-hybridized carbons (Fsp3) is 0.600. The molecule has 5 N–H and O–H groups in total. The average Bonchev–Trinajstić information content (AvgIpc) is 2.11. The molecular formula is C10H18FN3O2. The van der Waals surface area contributed by atoms with Crippen molar-refractivity contribution in [1.82, 2.24) is 0 Å². The number of hydrogen-bond acceptors (Lipinski definition) is 3. The number of aliphatic imine (C=N–C) groups is 1. The highest BCUT2D eigenvalue weighted by Crippen LogP contribution is 2.12. The standard InChI is InChI=1S/C10H18FN3O2/c1-7(12)14-5-3-4-8(11)6-10(2,13)9(15)16/h6H,3-5,13H2,1-2H3,(H2,12,14)(H,15,16)/b8-6+/t10-/m0/s1. The van der Waals surface area contributed by atoms with E-state index >= 15 is 0 Å². The van der Waals surface area contributed by atoms with Crippen LogP contribution in [0.5, 0.6) is 0 Å². The smallest absolute Gasteiger partial charge is 0.327 e. The molecule has 0 spiro atoms. The molecule has 0 unspecified atom stereocenters. The molecule has 0 heterocycles. The van der Waals surface area contributed by atoms with Gasteiger partial charge in [0.05, 0.1) is 11.7 Å². The van der Waals surface area contributed by atoms with Crippen LogP contribution in [-0.2, 0) is 4.79 Å². The summed E-state index contributed by atoms with van der Waals surface area (Å²) in [6, 6.07) is 0. The van der Waals surface area contributed by atoms with E-state index in [0.717, 1.165) is 6.08 Å². The summed E-state index contributed by atoms with van der Waals surface area (Å²) in [6.07, 6.45) is 1.48. The van der Waals surface area contributed by atoms with Gasteiger partial charge in [-0.15, -0.1) is 0 Å². The molecule has 0 bridgehead atoms. The summed E-state index contributed by atoms with van der Waals surface area (Å²) < 4.78 is 13.2. The molecule has 0 amide bonds. The second-order valence-corrected chi connectivity index (χ2v) is 3.81. The van der Waals surface area contributed by atoms with Crippen molar-refractivity contribution < 1.29 is 14.3 Å². The van der Waals surface area contributed by atoms with Gasteiger partial charge in [-0.05, 0) is 26.3 Å². The van der Waals surface area contributed by atoms with E-state index in [-0.39, 0.29) is 6.42 Å². The van der Waals surface area contributed by atoms with Gasteiger partial charge in [0.2, 0.25) is 0 Å². The summed E-state index contributed by atoms with van der Waals surface area (Å²) in [5.74, 6) is -1.37. The van der Waals surface area contributed by atoms with Crippen molar-refractivity contribution in [2.45, 2.75) is 32.2 Å².